The van der Waals surface area contributed by atoms with E-state index < -0.39 is 5.79 Å². The Bertz CT molecular complexity index is 661. The number of hydrogen-bond donors (Lipinski definition) is 3. The van der Waals surface area contributed by atoms with Gasteiger partial charge in [-0.1, -0.05) is 18.2 Å². The van der Waals surface area contributed by atoms with Gasteiger partial charge in [-0.05, 0) is 18.2 Å². The van der Waals surface area contributed by atoms with Crippen molar-refractivity contribution in [1.29, 1.82) is 0 Å². The summed E-state index contributed by atoms with van der Waals surface area (Å²) in [6, 6.07) is 9.81. The van der Waals surface area contributed by atoms with Gasteiger partial charge in [0.05, 0.1) is 5.52 Å². The number of para-hydroxylation sites is 1. The SMILES string of the molecule is NC1=NC(N)(c2cnc3ccccc3c2)NC=C1. The molecule has 0 saturated carbocycles. The molecule has 1 aliphatic rings. The van der Waals surface area contributed by atoms with Crippen molar-refractivity contribution < 1.29 is 0 Å². The van der Waals surface area contributed by atoms with E-state index in [2.05, 4.69) is 15.3 Å². The third-order valence-corrected chi connectivity index (χ3v) is 2.89. The van der Waals surface area contributed by atoms with E-state index in [4.69, 9.17) is 11.5 Å². The van der Waals surface area contributed by atoms with Crippen molar-refractivity contribution in [2.75, 3.05) is 0 Å². The molecule has 0 radical (unpaired) electrons. The van der Waals surface area contributed by atoms with Gasteiger partial charge < -0.3 is 11.1 Å². The molecular formula is C13H13N5. The highest BCUT2D eigenvalue weighted by Crippen LogP contribution is 2.22. The van der Waals surface area contributed by atoms with Gasteiger partial charge in [-0.15, -0.1) is 0 Å². The first-order valence-corrected chi connectivity index (χ1v) is 5.61. The Morgan fingerprint density at radius 1 is 1.22 bits per heavy atom. The second kappa shape index (κ2) is 3.82. The minimum Gasteiger partial charge on any atom is -0.384 e. The highest BCUT2D eigenvalue weighted by molar-refractivity contribution is 5.92. The molecule has 0 spiro atoms. The molecule has 3 rings (SSSR count). The maximum atomic E-state index is 6.19. The average Bonchev–Trinajstić information content (AvgIpc) is 2.38. The number of pyridine rings is 1. The van der Waals surface area contributed by atoms with Crippen molar-refractivity contribution >= 4 is 16.7 Å². The number of amidine groups is 1. The Morgan fingerprint density at radius 3 is 2.89 bits per heavy atom. The number of aliphatic imine (C=N–C) groups is 1. The number of benzene rings is 1. The highest BCUT2D eigenvalue weighted by atomic mass is 15.3. The third-order valence-electron chi connectivity index (χ3n) is 2.89. The monoisotopic (exact) mass is 239 g/mol. The Hall–Kier alpha value is -2.40. The molecule has 1 aromatic carbocycles. The molecule has 2 aromatic rings. The van der Waals surface area contributed by atoms with Crippen LogP contribution in [0.25, 0.3) is 10.9 Å². The summed E-state index contributed by atoms with van der Waals surface area (Å²) in [5.74, 6) is -0.653. The molecule has 1 atom stereocenters. The van der Waals surface area contributed by atoms with Gasteiger partial charge in [0.2, 0.25) is 5.79 Å². The number of hydrogen-bond acceptors (Lipinski definition) is 5. The maximum absolute atomic E-state index is 6.19. The molecule has 0 fully saturated rings. The van der Waals surface area contributed by atoms with Gasteiger partial charge in [0.25, 0.3) is 0 Å². The number of nitrogens with zero attached hydrogens (tertiary/aromatic N) is 2. The second-order valence-corrected chi connectivity index (χ2v) is 4.20. The molecule has 0 aliphatic carbocycles. The number of rotatable bonds is 1. The molecule has 1 aromatic heterocycles. The van der Waals surface area contributed by atoms with Crippen molar-refractivity contribution in [1.82, 2.24) is 10.3 Å². The minimum absolute atomic E-state index is 0.393. The zero-order valence-corrected chi connectivity index (χ0v) is 9.67. The normalized spacial score (nSPS) is 22.6. The summed E-state index contributed by atoms with van der Waals surface area (Å²) in [6.07, 6.45) is 5.07. The topological polar surface area (TPSA) is 89.3 Å². The number of nitrogens with one attached hydrogen (secondary N) is 1. The summed E-state index contributed by atoms with van der Waals surface area (Å²) in [5.41, 5.74) is 13.6. The van der Waals surface area contributed by atoms with Crippen LogP contribution in [0.1, 0.15) is 5.56 Å². The minimum atomic E-state index is -1.05. The van der Waals surface area contributed by atoms with Crippen LogP contribution in [0.4, 0.5) is 0 Å². The van der Waals surface area contributed by atoms with Crippen LogP contribution in [0.3, 0.4) is 0 Å². The van der Waals surface area contributed by atoms with Crippen molar-refractivity contribution in [2.24, 2.45) is 16.5 Å². The molecule has 18 heavy (non-hydrogen) atoms. The van der Waals surface area contributed by atoms with Gasteiger partial charge >= 0.3 is 0 Å². The highest BCUT2D eigenvalue weighted by Gasteiger charge is 2.27. The van der Waals surface area contributed by atoms with E-state index in [0.29, 0.717) is 5.84 Å². The molecule has 2 heterocycles. The molecule has 5 N–H and O–H groups in total. The van der Waals surface area contributed by atoms with Crippen LogP contribution in [-0.4, -0.2) is 10.8 Å². The Kier molecular flexibility index (Phi) is 2.28. The molecule has 5 nitrogen and oxygen atoms in total. The van der Waals surface area contributed by atoms with Crippen molar-refractivity contribution in [3.05, 3.63) is 54.4 Å². The number of fused-ring (bicyclic) bond motifs is 1. The van der Waals surface area contributed by atoms with Crippen molar-refractivity contribution in [3.63, 3.8) is 0 Å². The second-order valence-electron chi connectivity index (χ2n) is 4.20. The van der Waals surface area contributed by atoms with Gasteiger partial charge in [-0.25, -0.2) is 4.99 Å². The molecule has 0 amide bonds. The molecule has 90 valence electrons. The summed E-state index contributed by atoms with van der Waals surface area (Å²) in [6.45, 7) is 0. The molecule has 1 unspecified atom stereocenters. The van der Waals surface area contributed by atoms with Crippen molar-refractivity contribution in [2.45, 2.75) is 5.79 Å². The van der Waals surface area contributed by atoms with E-state index in [0.717, 1.165) is 16.5 Å². The molecule has 0 saturated heterocycles. The van der Waals surface area contributed by atoms with E-state index in [1.807, 2.05) is 30.3 Å². The van der Waals surface area contributed by atoms with Crippen LogP contribution in [0, 0.1) is 0 Å². The van der Waals surface area contributed by atoms with Gasteiger partial charge in [-0.2, -0.15) is 0 Å². The molecule has 1 aliphatic heterocycles. The fraction of sp³-hybridized carbons (Fsp3) is 0.0769. The standard InChI is InChI=1S/C13H13N5/c14-12-5-6-17-13(15,18-12)10-7-9-3-1-2-4-11(9)16-8-10/h1-8,17H,15H2,(H2,14,18). The summed E-state index contributed by atoms with van der Waals surface area (Å²) < 4.78 is 0. The fourth-order valence-corrected chi connectivity index (χ4v) is 1.95. The predicted molar refractivity (Wildman–Crippen MR) is 71.5 cm³/mol. The van der Waals surface area contributed by atoms with E-state index in [9.17, 15) is 0 Å². The van der Waals surface area contributed by atoms with Crippen LogP contribution in [0.5, 0.6) is 0 Å². The van der Waals surface area contributed by atoms with Gasteiger partial charge in [0, 0.05) is 23.3 Å². The average molecular weight is 239 g/mol. The molecule has 5 heteroatoms. The van der Waals surface area contributed by atoms with Crippen LogP contribution in [0.15, 0.2) is 53.8 Å². The van der Waals surface area contributed by atoms with Gasteiger partial charge in [0.15, 0.2) is 0 Å². The third kappa shape index (κ3) is 1.70. The van der Waals surface area contributed by atoms with Crippen LogP contribution < -0.4 is 16.8 Å². The number of nitrogens with two attached hydrogens (primary N) is 2. The van der Waals surface area contributed by atoms with E-state index >= 15 is 0 Å². The van der Waals surface area contributed by atoms with Crippen LogP contribution >= 0.6 is 0 Å². The largest absolute Gasteiger partial charge is 0.384 e. The smallest absolute Gasteiger partial charge is 0.212 e. The van der Waals surface area contributed by atoms with Gasteiger partial charge in [-0.3, -0.25) is 10.7 Å². The quantitative estimate of drug-likeness (QED) is 0.686. The Balaban J connectivity index is 2.12. The first-order chi connectivity index (χ1) is 8.67. The summed E-state index contributed by atoms with van der Waals surface area (Å²) in [7, 11) is 0. The summed E-state index contributed by atoms with van der Waals surface area (Å²) in [4.78, 5) is 8.60. The predicted octanol–water partition coefficient (Wildman–Crippen LogP) is 0.778. The number of aromatic nitrogens is 1. The van der Waals surface area contributed by atoms with Gasteiger partial charge in [0.1, 0.15) is 5.84 Å². The van der Waals surface area contributed by atoms with E-state index in [1.165, 1.54) is 0 Å². The lowest BCUT2D eigenvalue weighted by atomic mass is 10.1. The maximum Gasteiger partial charge on any atom is 0.212 e. The van der Waals surface area contributed by atoms with Crippen LogP contribution in [-0.2, 0) is 5.79 Å². The lowest BCUT2D eigenvalue weighted by Crippen LogP contribution is -2.49. The fourth-order valence-electron chi connectivity index (χ4n) is 1.95. The molecular weight excluding hydrogens is 226 g/mol. The van der Waals surface area contributed by atoms with Crippen molar-refractivity contribution in [3.8, 4) is 0 Å². The zero-order chi connectivity index (χ0) is 12.6. The first-order valence-electron chi connectivity index (χ1n) is 5.61. The van der Waals surface area contributed by atoms with Crippen LogP contribution in [0.2, 0.25) is 0 Å². The summed E-state index contributed by atoms with van der Waals surface area (Å²) >= 11 is 0. The molecule has 0 bridgehead atoms. The lowest BCUT2D eigenvalue weighted by molar-refractivity contribution is 0.409. The lowest BCUT2D eigenvalue weighted by Gasteiger charge is -2.28. The van der Waals surface area contributed by atoms with E-state index in [-0.39, 0.29) is 0 Å². The Labute approximate surface area is 104 Å². The summed E-state index contributed by atoms with van der Waals surface area (Å²) in [5, 5.41) is 4.02. The van der Waals surface area contributed by atoms with E-state index in [1.54, 1.807) is 18.5 Å². The first kappa shape index (κ1) is 10.7. The Morgan fingerprint density at radius 2 is 2.06 bits per heavy atom. The zero-order valence-electron chi connectivity index (χ0n) is 9.67.